The lowest BCUT2D eigenvalue weighted by molar-refractivity contribution is -0.277. The summed E-state index contributed by atoms with van der Waals surface area (Å²) in [5.74, 6) is 0.207. The molecule has 0 spiro atoms. The molecule has 0 aromatic heterocycles. The van der Waals surface area contributed by atoms with Crippen molar-refractivity contribution in [3.05, 3.63) is 53.1 Å². The number of aliphatic hydroxyl groups excluding tert-OH is 4. The number of ether oxygens (including phenoxy) is 2. The molecule has 7 nitrogen and oxygen atoms in total. The van der Waals surface area contributed by atoms with Gasteiger partial charge < -0.3 is 29.9 Å². The van der Waals surface area contributed by atoms with E-state index in [1.54, 1.807) is 42.5 Å². The van der Waals surface area contributed by atoms with Crippen LogP contribution in [0.2, 0.25) is 5.02 Å². The van der Waals surface area contributed by atoms with Crippen LogP contribution in [0.1, 0.15) is 5.56 Å². The molecule has 0 amide bonds. The number of hydrogen-bond donors (Lipinski definition) is 4. The topological polar surface area (TPSA) is 123 Å². The van der Waals surface area contributed by atoms with Gasteiger partial charge in [-0.05, 0) is 35.4 Å². The molecule has 2 aromatic rings. The highest BCUT2D eigenvalue weighted by molar-refractivity contribution is 6.32. The monoisotopic (exact) mass is 391 g/mol. The van der Waals surface area contributed by atoms with E-state index in [1.165, 1.54) is 0 Å². The molecule has 1 aliphatic heterocycles. The molecule has 5 atom stereocenters. The van der Waals surface area contributed by atoms with Crippen LogP contribution in [-0.4, -0.2) is 57.7 Å². The van der Waals surface area contributed by atoms with Gasteiger partial charge in [-0.25, -0.2) is 0 Å². The Labute approximate surface area is 160 Å². The SMILES string of the molecule is N#Cc1ccc(-c2ccc(O[C@H]3O[C@H](CO)[C@@H](O)C(O)C3O)c(Cl)c2)cc1. The van der Waals surface area contributed by atoms with E-state index in [2.05, 4.69) is 6.07 Å². The van der Waals surface area contributed by atoms with Crippen LogP contribution in [0.25, 0.3) is 11.1 Å². The summed E-state index contributed by atoms with van der Waals surface area (Å²) in [4.78, 5) is 0. The van der Waals surface area contributed by atoms with Gasteiger partial charge in [0.25, 0.3) is 0 Å². The number of benzene rings is 2. The van der Waals surface area contributed by atoms with Crippen molar-refractivity contribution in [2.45, 2.75) is 30.7 Å². The van der Waals surface area contributed by atoms with Crippen LogP contribution in [-0.2, 0) is 4.74 Å². The third-order valence-corrected chi connectivity index (χ3v) is 4.67. The van der Waals surface area contributed by atoms with Crippen LogP contribution in [0.5, 0.6) is 5.75 Å². The van der Waals surface area contributed by atoms with Crippen LogP contribution in [0.3, 0.4) is 0 Å². The molecular formula is C19H18ClNO6. The van der Waals surface area contributed by atoms with Crippen molar-refractivity contribution in [3.8, 4) is 22.9 Å². The maximum absolute atomic E-state index is 10.0. The van der Waals surface area contributed by atoms with Crippen molar-refractivity contribution >= 4 is 11.6 Å². The third-order valence-electron chi connectivity index (χ3n) is 4.37. The predicted octanol–water partition coefficient (Wildman–Crippen LogP) is 1.06. The highest BCUT2D eigenvalue weighted by atomic mass is 35.5. The van der Waals surface area contributed by atoms with Gasteiger partial charge in [-0.2, -0.15) is 5.26 Å². The van der Waals surface area contributed by atoms with Crippen molar-refractivity contribution in [2.24, 2.45) is 0 Å². The molecule has 27 heavy (non-hydrogen) atoms. The van der Waals surface area contributed by atoms with Crippen LogP contribution in [0.4, 0.5) is 0 Å². The molecule has 142 valence electrons. The Balaban J connectivity index is 1.78. The lowest BCUT2D eigenvalue weighted by Crippen LogP contribution is -2.60. The molecule has 1 heterocycles. The number of hydrogen-bond acceptors (Lipinski definition) is 7. The van der Waals surface area contributed by atoms with Crippen molar-refractivity contribution in [3.63, 3.8) is 0 Å². The first-order chi connectivity index (χ1) is 12.9. The van der Waals surface area contributed by atoms with Crippen molar-refractivity contribution in [1.29, 1.82) is 5.26 Å². The Bertz CT molecular complexity index is 835. The van der Waals surface area contributed by atoms with Gasteiger partial charge >= 0.3 is 0 Å². The molecule has 3 rings (SSSR count). The van der Waals surface area contributed by atoms with E-state index < -0.39 is 37.3 Å². The predicted molar refractivity (Wildman–Crippen MR) is 96.0 cm³/mol. The summed E-state index contributed by atoms with van der Waals surface area (Å²) in [7, 11) is 0. The summed E-state index contributed by atoms with van der Waals surface area (Å²) < 4.78 is 10.9. The maximum atomic E-state index is 10.0. The van der Waals surface area contributed by atoms with Crippen LogP contribution in [0.15, 0.2) is 42.5 Å². The lowest BCUT2D eigenvalue weighted by atomic mass is 9.99. The fourth-order valence-corrected chi connectivity index (χ4v) is 3.03. The molecule has 2 aromatic carbocycles. The molecule has 0 radical (unpaired) electrons. The minimum Gasteiger partial charge on any atom is -0.460 e. The second-order valence-electron chi connectivity index (χ2n) is 6.15. The number of nitriles is 1. The fraction of sp³-hybridized carbons (Fsp3) is 0.316. The Kier molecular flexibility index (Phi) is 5.97. The summed E-state index contributed by atoms with van der Waals surface area (Å²) in [6.45, 7) is -0.545. The molecule has 1 saturated heterocycles. The first-order valence-electron chi connectivity index (χ1n) is 8.22. The van der Waals surface area contributed by atoms with Gasteiger partial charge in [0.15, 0.2) is 0 Å². The molecule has 0 saturated carbocycles. The second kappa shape index (κ2) is 8.23. The zero-order valence-electron chi connectivity index (χ0n) is 14.1. The Morgan fingerprint density at radius 2 is 1.67 bits per heavy atom. The van der Waals surface area contributed by atoms with Crippen molar-refractivity contribution < 1.29 is 29.9 Å². The van der Waals surface area contributed by atoms with Gasteiger partial charge in [0.2, 0.25) is 6.29 Å². The molecule has 1 fully saturated rings. The Hall–Kier alpha value is -2.18. The molecule has 8 heteroatoms. The van der Waals surface area contributed by atoms with Crippen LogP contribution in [0, 0.1) is 11.3 Å². The first kappa shape index (κ1) is 19.6. The standard InChI is InChI=1S/C19H18ClNO6/c20-13-7-12(11-3-1-10(8-21)2-4-11)5-6-14(13)26-19-18(25)17(24)16(23)15(9-22)27-19/h1-7,15-19,22-25H,9H2/t15-,16-,17?,18?,19+/m1/s1. The highest BCUT2D eigenvalue weighted by Crippen LogP contribution is 2.33. The second-order valence-corrected chi connectivity index (χ2v) is 6.56. The summed E-state index contributed by atoms with van der Waals surface area (Å²) in [5.41, 5.74) is 2.20. The highest BCUT2D eigenvalue weighted by Gasteiger charge is 2.44. The largest absolute Gasteiger partial charge is 0.460 e. The zero-order chi connectivity index (χ0) is 19.6. The fourth-order valence-electron chi connectivity index (χ4n) is 2.80. The van der Waals surface area contributed by atoms with Crippen molar-refractivity contribution in [2.75, 3.05) is 6.61 Å². The van der Waals surface area contributed by atoms with Gasteiger partial charge in [0.1, 0.15) is 30.2 Å². The Morgan fingerprint density at radius 1 is 1.00 bits per heavy atom. The molecule has 0 bridgehead atoms. The third kappa shape index (κ3) is 4.06. The maximum Gasteiger partial charge on any atom is 0.229 e. The van der Waals surface area contributed by atoms with E-state index in [-0.39, 0.29) is 10.8 Å². The van der Waals surface area contributed by atoms with Gasteiger partial charge in [0.05, 0.1) is 23.3 Å². The van der Waals surface area contributed by atoms with Gasteiger partial charge in [0, 0.05) is 0 Å². The van der Waals surface area contributed by atoms with Crippen LogP contribution < -0.4 is 4.74 Å². The van der Waals surface area contributed by atoms with Gasteiger partial charge in [-0.1, -0.05) is 29.8 Å². The van der Waals surface area contributed by atoms with E-state index in [4.69, 9.17) is 26.3 Å². The lowest BCUT2D eigenvalue weighted by Gasteiger charge is -2.39. The normalized spacial score (nSPS) is 27.8. The van der Waals surface area contributed by atoms with E-state index in [0.717, 1.165) is 11.1 Å². The summed E-state index contributed by atoms with van der Waals surface area (Å²) in [6, 6.07) is 14.0. The van der Waals surface area contributed by atoms with E-state index in [1.807, 2.05) is 0 Å². The van der Waals surface area contributed by atoms with Gasteiger partial charge in [-0.15, -0.1) is 0 Å². The molecule has 1 aliphatic rings. The minimum absolute atomic E-state index is 0.207. The minimum atomic E-state index is -1.53. The summed E-state index contributed by atoms with van der Waals surface area (Å²) in [6.07, 6.45) is -6.88. The van der Waals surface area contributed by atoms with E-state index in [9.17, 15) is 20.4 Å². The first-order valence-corrected chi connectivity index (χ1v) is 8.59. The van der Waals surface area contributed by atoms with Gasteiger partial charge in [-0.3, -0.25) is 0 Å². The number of aliphatic hydroxyl groups is 4. The average molecular weight is 392 g/mol. The summed E-state index contributed by atoms with van der Waals surface area (Å²) in [5, 5.41) is 48.0. The molecule has 4 N–H and O–H groups in total. The van der Waals surface area contributed by atoms with E-state index >= 15 is 0 Å². The van der Waals surface area contributed by atoms with Crippen LogP contribution >= 0.6 is 11.6 Å². The average Bonchev–Trinajstić information content (AvgIpc) is 2.69. The molecule has 0 aliphatic carbocycles. The Morgan fingerprint density at radius 3 is 2.26 bits per heavy atom. The smallest absolute Gasteiger partial charge is 0.229 e. The molecule has 2 unspecified atom stereocenters. The van der Waals surface area contributed by atoms with E-state index in [0.29, 0.717) is 5.56 Å². The quantitative estimate of drug-likeness (QED) is 0.614. The van der Waals surface area contributed by atoms with Crippen molar-refractivity contribution in [1.82, 2.24) is 0 Å². The molecular weight excluding hydrogens is 374 g/mol. The zero-order valence-corrected chi connectivity index (χ0v) is 14.8. The number of rotatable bonds is 4. The number of halogens is 1. The number of nitrogens with zero attached hydrogens (tertiary/aromatic N) is 1. The summed E-state index contributed by atoms with van der Waals surface area (Å²) >= 11 is 6.26.